The number of fused-ring (bicyclic) bond motifs is 1. The third kappa shape index (κ3) is 6.93. The summed E-state index contributed by atoms with van der Waals surface area (Å²) in [5.41, 5.74) is 0.335. The summed E-state index contributed by atoms with van der Waals surface area (Å²) in [6.45, 7) is 1.74. The van der Waals surface area contributed by atoms with Gasteiger partial charge in [-0.1, -0.05) is 12.1 Å². The van der Waals surface area contributed by atoms with Gasteiger partial charge in [-0.05, 0) is 30.5 Å². The SMILES string of the molecule is COc1ccc(Cn2ncc3c(cnn3CCOCC(=O)N(C)C3CCN(c4ncc(C(F)(F)F)cn4)CC3)c2=O)cc1. The second-order valence-corrected chi connectivity index (χ2v) is 10.2. The maximum atomic E-state index is 13.0. The van der Waals surface area contributed by atoms with Gasteiger partial charge in [0, 0.05) is 38.6 Å². The van der Waals surface area contributed by atoms with Crippen molar-refractivity contribution >= 4 is 22.8 Å². The molecule has 0 radical (unpaired) electrons. The molecule has 43 heavy (non-hydrogen) atoms. The zero-order valence-electron chi connectivity index (χ0n) is 23.7. The summed E-state index contributed by atoms with van der Waals surface area (Å²) in [5, 5.41) is 9.04. The van der Waals surface area contributed by atoms with Gasteiger partial charge in [-0.2, -0.15) is 23.4 Å². The van der Waals surface area contributed by atoms with Crippen LogP contribution in [0.2, 0.25) is 0 Å². The van der Waals surface area contributed by atoms with E-state index in [1.54, 1.807) is 29.9 Å². The monoisotopic (exact) mass is 600 g/mol. The van der Waals surface area contributed by atoms with Crippen molar-refractivity contribution in [3.63, 3.8) is 0 Å². The molecule has 1 aliphatic heterocycles. The summed E-state index contributed by atoms with van der Waals surface area (Å²) in [7, 11) is 3.30. The number of piperidine rings is 1. The smallest absolute Gasteiger partial charge is 0.419 e. The van der Waals surface area contributed by atoms with Gasteiger partial charge in [0.2, 0.25) is 11.9 Å². The Balaban J connectivity index is 1.08. The lowest BCUT2D eigenvalue weighted by Gasteiger charge is -2.36. The van der Waals surface area contributed by atoms with E-state index in [2.05, 4.69) is 20.2 Å². The minimum absolute atomic E-state index is 0.0389. The summed E-state index contributed by atoms with van der Waals surface area (Å²) in [4.78, 5) is 36.9. The molecular weight excluding hydrogens is 569 g/mol. The first-order chi connectivity index (χ1) is 20.6. The molecule has 15 heteroatoms. The number of rotatable bonds is 10. The Morgan fingerprint density at radius 2 is 1.70 bits per heavy atom. The Labute approximate surface area is 244 Å². The van der Waals surface area contributed by atoms with Crippen LogP contribution in [-0.2, 0) is 28.8 Å². The summed E-state index contributed by atoms with van der Waals surface area (Å²) in [5.74, 6) is 0.783. The van der Waals surface area contributed by atoms with E-state index in [-0.39, 0.29) is 36.7 Å². The number of aromatic nitrogens is 6. The van der Waals surface area contributed by atoms with Crippen molar-refractivity contribution in [2.24, 2.45) is 0 Å². The number of hydrogen-bond donors (Lipinski definition) is 0. The largest absolute Gasteiger partial charge is 0.497 e. The van der Waals surface area contributed by atoms with Crippen molar-refractivity contribution in [3.8, 4) is 5.75 Å². The molecule has 228 valence electrons. The fourth-order valence-electron chi connectivity index (χ4n) is 4.91. The van der Waals surface area contributed by atoms with Gasteiger partial charge in [0.15, 0.2) is 0 Å². The van der Waals surface area contributed by atoms with Crippen molar-refractivity contribution in [1.82, 2.24) is 34.4 Å². The molecule has 0 atom stereocenters. The molecule has 1 fully saturated rings. The summed E-state index contributed by atoms with van der Waals surface area (Å²) in [6.07, 6.45) is 1.42. The third-order valence-corrected chi connectivity index (χ3v) is 7.48. The van der Waals surface area contributed by atoms with Crippen LogP contribution in [0.5, 0.6) is 5.75 Å². The number of alkyl halides is 3. The molecule has 1 aliphatic rings. The Hall–Kier alpha value is -4.53. The zero-order chi connectivity index (χ0) is 30.6. The standard InChI is InChI=1S/C28H31F3N8O4/c1-36(21-7-9-37(10-8-21)27-32-13-20(14-33-27)28(29,30)31)25(40)18-43-12-11-38-24-16-35-39(26(41)23(24)15-34-38)17-19-3-5-22(42-2)6-4-19/h3-6,13-16,21H,7-12,17-18H2,1-2H3. The lowest BCUT2D eigenvalue weighted by atomic mass is 10.0. The lowest BCUT2D eigenvalue weighted by molar-refractivity contribution is -0.138. The maximum absolute atomic E-state index is 13.0. The predicted molar refractivity (Wildman–Crippen MR) is 150 cm³/mol. The minimum Gasteiger partial charge on any atom is -0.497 e. The van der Waals surface area contributed by atoms with Gasteiger partial charge in [-0.3, -0.25) is 14.3 Å². The summed E-state index contributed by atoms with van der Waals surface area (Å²) >= 11 is 0. The van der Waals surface area contributed by atoms with Gasteiger partial charge in [0.05, 0.1) is 55.7 Å². The Morgan fingerprint density at radius 3 is 2.35 bits per heavy atom. The molecule has 3 aromatic heterocycles. The minimum atomic E-state index is -4.48. The van der Waals surface area contributed by atoms with Crippen LogP contribution in [0.1, 0.15) is 24.0 Å². The molecule has 1 amide bonds. The fraction of sp³-hybridized carbons (Fsp3) is 0.429. The molecule has 0 aliphatic carbocycles. The number of benzene rings is 1. The second kappa shape index (κ2) is 12.8. The first-order valence-electron chi connectivity index (χ1n) is 13.7. The lowest BCUT2D eigenvalue weighted by Crippen LogP contribution is -2.47. The van der Waals surface area contributed by atoms with Crippen molar-refractivity contribution in [1.29, 1.82) is 0 Å². The van der Waals surface area contributed by atoms with Crippen LogP contribution < -0.4 is 15.2 Å². The number of methoxy groups -OCH3 is 1. The Kier molecular flexibility index (Phi) is 8.89. The molecule has 0 bridgehead atoms. The fourth-order valence-corrected chi connectivity index (χ4v) is 4.91. The first kappa shape index (κ1) is 29.9. The van der Waals surface area contributed by atoms with Crippen molar-refractivity contribution in [3.05, 3.63) is 70.5 Å². The van der Waals surface area contributed by atoms with E-state index in [9.17, 15) is 22.8 Å². The molecule has 0 N–H and O–H groups in total. The van der Waals surface area contributed by atoms with Crippen molar-refractivity contribution < 1.29 is 27.4 Å². The average molecular weight is 601 g/mol. The maximum Gasteiger partial charge on any atom is 0.419 e. The molecule has 1 saturated heterocycles. The van der Waals surface area contributed by atoms with Gasteiger partial charge in [0.1, 0.15) is 12.4 Å². The van der Waals surface area contributed by atoms with Gasteiger partial charge in [-0.25, -0.2) is 14.6 Å². The van der Waals surface area contributed by atoms with E-state index >= 15 is 0 Å². The summed E-state index contributed by atoms with van der Waals surface area (Å²) < 4.78 is 52.1. The number of carbonyl (C=O) groups is 1. The van der Waals surface area contributed by atoms with Gasteiger partial charge in [-0.15, -0.1) is 0 Å². The number of anilines is 1. The number of halogens is 3. The van der Waals surface area contributed by atoms with Crippen LogP contribution in [0.4, 0.5) is 19.1 Å². The molecule has 4 aromatic rings. The highest BCUT2D eigenvalue weighted by Crippen LogP contribution is 2.29. The molecule has 1 aromatic carbocycles. The van der Waals surface area contributed by atoms with E-state index in [0.717, 1.165) is 23.7 Å². The molecular formula is C28H31F3N8O4. The van der Waals surface area contributed by atoms with Crippen LogP contribution in [0.3, 0.4) is 0 Å². The Bertz CT molecular complexity index is 1600. The number of carbonyl (C=O) groups excluding carboxylic acids is 1. The molecule has 0 spiro atoms. The number of likely N-dealkylation sites (N-methyl/N-ethyl adjacent to an activating group) is 1. The highest BCUT2D eigenvalue weighted by atomic mass is 19.4. The van der Waals surface area contributed by atoms with Crippen LogP contribution in [-0.4, -0.2) is 86.8 Å². The third-order valence-electron chi connectivity index (χ3n) is 7.48. The van der Waals surface area contributed by atoms with E-state index in [0.29, 0.717) is 49.9 Å². The number of hydrogen-bond acceptors (Lipinski definition) is 9. The quantitative estimate of drug-likeness (QED) is 0.253. The van der Waals surface area contributed by atoms with E-state index in [1.807, 2.05) is 29.2 Å². The number of ether oxygens (including phenoxy) is 2. The Morgan fingerprint density at radius 1 is 1.02 bits per heavy atom. The highest BCUT2D eigenvalue weighted by molar-refractivity contribution is 5.77. The topological polar surface area (TPSA) is 120 Å². The zero-order valence-corrected chi connectivity index (χ0v) is 23.7. The number of amides is 1. The average Bonchev–Trinajstić information content (AvgIpc) is 3.44. The van der Waals surface area contributed by atoms with Gasteiger partial charge in [0.25, 0.3) is 5.56 Å². The first-order valence-corrected chi connectivity index (χ1v) is 13.7. The molecule has 0 unspecified atom stereocenters. The van der Waals surface area contributed by atoms with Crippen molar-refractivity contribution in [2.45, 2.75) is 38.1 Å². The van der Waals surface area contributed by atoms with E-state index in [4.69, 9.17) is 9.47 Å². The van der Waals surface area contributed by atoms with Crippen LogP contribution in [0, 0.1) is 0 Å². The molecule has 0 saturated carbocycles. The predicted octanol–water partition coefficient (Wildman–Crippen LogP) is 2.60. The normalized spacial score (nSPS) is 14.3. The molecule has 5 rings (SSSR count). The van der Waals surface area contributed by atoms with Crippen molar-refractivity contribution in [2.75, 3.05) is 45.4 Å². The molecule has 12 nitrogen and oxygen atoms in total. The van der Waals surface area contributed by atoms with Crippen LogP contribution in [0.15, 0.2) is 53.8 Å². The van der Waals surface area contributed by atoms with E-state index < -0.39 is 11.7 Å². The molecule has 4 heterocycles. The van der Waals surface area contributed by atoms with Gasteiger partial charge >= 0.3 is 6.18 Å². The highest BCUT2D eigenvalue weighted by Gasteiger charge is 2.32. The van der Waals surface area contributed by atoms with Crippen LogP contribution in [0.25, 0.3) is 10.9 Å². The second-order valence-electron chi connectivity index (χ2n) is 10.2. The summed E-state index contributed by atoms with van der Waals surface area (Å²) in [6, 6.07) is 7.35. The number of nitrogens with zero attached hydrogens (tertiary/aromatic N) is 8. The van der Waals surface area contributed by atoms with Crippen LogP contribution >= 0.6 is 0 Å². The van der Waals surface area contributed by atoms with Gasteiger partial charge < -0.3 is 19.3 Å². The van der Waals surface area contributed by atoms with E-state index in [1.165, 1.54) is 10.9 Å².